The Morgan fingerprint density at radius 1 is 1.16 bits per heavy atom. The van der Waals surface area contributed by atoms with Crippen molar-refractivity contribution in [2.24, 2.45) is 5.92 Å². The Kier molecular flexibility index (Phi) is 5.26. The lowest BCUT2D eigenvalue weighted by Gasteiger charge is -2.21. The van der Waals surface area contributed by atoms with Crippen molar-refractivity contribution in [3.05, 3.63) is 29.8 Å². The van der Waals surface area contributed by atoms with E-state index in [9.17, 15) is 0 Å². The molecule has 2 heteroatoms. The van der Waals surface area contributed by atoms with E-state index in [2.05, 4.69) is 43.0 Å². The lowest BCUT2D eigenvalue weighted by molar-refractivity contribution is 0.262. The van der Waals surface area contributed by atoms with Gasteiger partial charge in [-0.2, -0.15) is 0 Å². The fourth-order valence-electron chi connectivity index (χ4n) is 3.06. The van der Waals surface area contributed by atoms with Crippen molar-refractivity contribution in [3.63, 3.8) is 0 Å². The largest absolute Gasteiger partial charge is 0.496 e. The Morgan fingerprint density at radius 3 is 2.47 bits per heavy atom. The maximum Gasteiger partial charge on any atom is 0.122 e. The van der Waals surface area contributed by atoms with Gasteiger partial charge >= 0.3 is 0 Å². The topological polar surface area (TPSA) is 12.5 Å². The summed E-state index contributed by atoms with van der Waals surface area (Å²) in [4.78, 5) is 2.63. The van der Waals surface area contributed by atoms with Crippen molar-refractivity contribution in [3.8, 4) is 5.75 Å². The molecule has 0 aliphatic heterocycles. The zero-order valence-corrected chi connectivity index (χ0v) is 12.6. The van der Waals surface area contributed by atoms with Crippen LogP contribution in [0.15, 0.2) is 24.3 Å². The van der Waals surface area contributed by atoms with Crippen molar-refractivity contribution in [2.75, 3.05) is 26.7 Å². The van der Waals surface area contributed by atoms with Crippen LogP contribution < -0.4 is 4.74 Å². The number of methoxy groups -OCH3 is 1. The quantitative estimate of drug-likeness (QED) is 0.703. The summed E-state index contributed by atoms with van der Waals surface area (Å²) in [5, 5.41) is 0. The first-order valence-corrected chi connectivity index (χ1v) is 7.65. The summed E-state index contributed by atoms with van der Waals surface area (Å²) in [7, 11) is 1.77. The molecule has 0 amide bonds. The average molecular weight is 261 g/mol. The van der Waals surface area contributed by atoms with Gasteiger partial charge in [0.25, 0.3) is 0 Å². The van der Waals surface area contributed by atoms with Gasteiger partial charge in [-0.05, 0) is 55.8 Å². The predicted octanol–water partition coefficient (Wildman–Crippen LogP) is 3.92. The molecule has 19 heavy (non-hydrogen) atoms. The Morgan fingerprint density at radius 2 is 1.84 bits per heavy atom. The third-order valence-electron chi connectivity index (χ3n) is 4.03. The van der Waals surface area contributed by atoms with Crippen molar-refractivity contribution in [1.82, 2.24) is 4.90 Å². The second kappa shape index (κ2) is 6.95. The van der Waals surface area contributed by atoms with Crippen LogP contribution in [0.1, 0.15) is 44.6 Å². The third kappa shape index (κ3) is 3.73. The van der Waals surface area contributed by atoms with Gasteiger partial charge in [0.15, 0.2) is 0 Å². The normalized spacial score (nSPS) is 21.7. The highest BCUT2D eigenvalue weighted by molar-refractivity contribution is 5.39. The van der Waals surface area contributed by atoms with Crippen LogP contribution in [-0.2, 0) is 0 Å². The summed E-state index contributed by atoms with van der Waals surface area (Å²) in [6.45, 7) is 8.27. The number of para-hydroxylation sites is 1. The standard InChI is InChI=1S/C17H27NO/c1-4-10-18(11-5-2)13-14-12-16(14)15-8-6-7-9-17(15)19-3/h6-9,14,16H,4-5,10-13H2,1-3H3/t14-,16+/m1/s1. The predicted molar refractivity (Wildman–Crippen MR) is 80.9 cm³/mol. The van der Waals surface area contributed by atoms with E-state index in [1.807, 2.05) is 0 Å². The van der Waals surface area contributed by atoms with Gasteiger partial charge in [0.1, 0.15) is 5.75 Å². The number of hydrogen-bond acceptors (Lipinski definition) is 2. The summed E-state index contributed by atoms with van der Waals surface area (Å²) in [6, 6.07) is 8.50. The minimum Gasteiger partial charge on any atom is -0.496 e. The summed E-state index contributed by atoms with van der Waals surface area (Å²) >= 11 is 0. The highest BCUT2D eigenvalue weighted by Crippen LogP contribution is 2.50. The second-order valence-corrected chi connectivity index (χ2v) is 5.64. The average Bonchev–Trinajstić information content (AvgIpc) is 3.18. The first-order chi connectivity index (χ1) is 9.30. The van der Waals surface area contributed by atoms with Gasteiger partial charge < -0.3 is 9.64 Å². The summed E-state index contributed by atoms with van der Waals surface area (Å²) in [5.74, 6) is 2.61. The number of rotatable bonds is 8. The SMILES string of the molecule is CCCN(CCC)C[C@H]1C[C@@H]1c1ccccc1OC. The summed E-state index contributed by atoms with van der Waals surface area (Å²) in [5.41, 5.74) is 1.41. The Hall–Kier alpha value is -1.02. The maximum atomic E-state index is 5.48. The monoisotopic (exact) mass is 261 g/mol. The van der Waals surface area contributed by atoms with Crippen LogP contribution in [0, 0.1) is 5.92 Å². The molecule has 1 aromatic rings. The first-order valence-electron chi connectivity index (χ1n) is 7.65. The molecule has 1 fully saturated rings. The highest BCUT2D eigenvalue weighted by atomic mass is 16.5. The van der Waals surface area contributed by atoms with Crippen molar-refractivity contribution in [2.45, 2.75) is 39.0 Å². The van der Waals surface area contributed by atoms with Gasteiger partial charge in [0.05, 0.1) is 7.11 Å². The molecule has 1 aliphatic rings. The zero-order chi connectivity index (χ0) is 13.7. The molecular formula is C17H27NO. The Labute approximate surface area is 117 Å². The van der Waals surface area contributed by atoms with Crippen LogP contribution in [-0.4, -0.2) is 31.6 Å². The summed E-state index contributed by atoms with van der Waals surface area (Å²) < 4.78 is 5.48. The van der Waals surface area contributed by atoms with Crippen LogP contribution in [0.5, 0.6) is 5.75 Å². The molecule has 2 rings (SSSR count). The molecule has 1 aromatic carbocycles. The molecule has 0 bridgehead atoms. The minimum absolute atomic E-state index is 0.715. The number of hydrogen-bond donors (Lipinski definition) is 0. The van der Waals surface area contributed by atoms with Gasteiger partial charge in [0.2, 0.25) is 0 Å². The lowest BCUT2D eigenvalue weighted by atomic mass is 10.1. The molecule has 0 spiro atoms. The van der Waals surface area contributed by atoms with E-state index in [0.29, 0.717) is 5.92 Å². The molecule has 0 heterocycles. The molecule has 0 aromatic heterocycles. The lowest BCUT2D eigenvalue weighted by Crippen LogP contribution is -2.28. The number of nitrogens with zero attached hydrogens (tertiary/aromatic N) is 1. The van der Waals surface area contributed by atoms with Crippen molar-refractivity contribution in [1.29, 1.82) is 0 Å². The van der Waals surface area contributed by atoms with Crippen LogP contribution in [0.2, 0.25) is 0 Å². The molecule has 1 aliphatic carbocycles. The van der Waals surface area contributed by atoms with Crippen LogP contribution in [0.4, 0.5) is 0 Å². The van der Waals surface area contributed by atoms with Crippen LogP contribution in [0.3, 0.4) is 0 Å². The minimum atomic E-state index is 0.715. The third-order valence-corrected chi connectivity index (χ3v) is 4.03. The smallest absolute Gasteiger partial charge is 0.122 e. The second-order valence-electron chi connectivity index (χ2n) is 5.64. The Bertz CT molecular complexity index is 385. The molecular weight excluding hydrogens is 234 g/mol. The molecule has 0 unspecified atom stereocenters. The van der Waals surface area contributed by atoms with E-state index < -0.39 is 0 Å². The van der Waals surface area contributed by atoms with E-state index in [-0.39, 0.29) is 0 Å². The van der Waals surface area contributed by atoms with Gasteiger partial charge in [-0.25, -0.2) is 0 Å². The molecule has 0 radical (unpaired) electrons. The van der Waals surface area contributed by atoms with Gasteiger partial charge in [-0.1, -0.05) is 32.0 Å². The fraction of sp³-hybridized carbons (Fsp3) is 0.647. The molecule has 2 nitrogen and oxygen atoms in total. The van der Waals surface area contributed by atoms with E-state index in [1.165, 1.54) is 44.5 Å². The van der Waals surface area contributed by atoms with Gasteiger partial charge in [0, 0.05) is 6.54 Å². The van der Waals surface area contributed by atoms with Crippen molar-refractivity contribution >= 4 is 0 Å². The molecule has 1 saturated carbocycles. The fourth-order valence-corrected chi connectivity index (χ4v) is 3.06. The number of ether oxygens (including phenoxy) is 1. The van der Waals surface area contributed by atoms with Crippen LogP contribution in [0.25, 0.3) is 0 Å². The molecule has 0 saturated heterocycles. The molecule has 106 valence electrons. The van der Waals surface area contributed by atoms with Gasteiger partial charge in [-0.15, -0.1) is 0 Å². The molecule has 2 atom stereocenters. The summed E-state index contributed by atoms with van der Waals surface area (Å²) in [6.07, 6.45) is 3.84. The Balaban J connectivity index is 1.92. The van der Waals surface area contributed by atoms with E-state index in [0.717, 1.165) is 11.7 Å². The van der Waals surface area contributed by atoms with E-state index >= 15 is 0 Å². The number of benzene rings is 1. The zero-order valence-electron chi connectivity index (χ0n) is 12.6. The van der Waals surface area contributed by atoms with Crippen molar-refractivity contribution < 1.29 is 4.74 Å². The molecule has 0 N–H and O–H groups in total. The maximum absolute atomic E-state index is 5.48. The first kappa shape index (κ1) is 14.4. The van der Waals surface area contributed by atoms with E-state index in [1.54, 1.807) is 7.11 Å². The van der Waals surface area contributed by atoms with E-state index in [4.69, 9.17) is 4.74 Å². The van der Waals surface area contributed by atoms with Crippen LogP contribution >= 0.6 is 0 Å². The van der Waals surface area contributed by atoms with Gasteiger partial charge in [-0.3, -0.25) is 0 Å². The highest BCUT2D eigenvalue weighted by Gasteiger charge is 2.40.